The number of hydrogen-bond acceptors (Lipinski definition) is 3. The van der Waals surface area contributed by atoms with E-state index in [1.165, 1.54) is 0 Å². The number of nitrogens with one attached hydrogen (secondary N) is 1. The zero-order chi connectivity index (χ0) is 16.2. The first-order valence-electron chi connectivity index (χ1n) is 6.90. The van der Waals surface area contributed by atoms with Gasteiger partial charge < -0.3 is 9.73 Å². The summed E-state index contributed by atoms with van der Waals surface area (Å²) in [5.74, 6) is 0.639. The highest BCUT2D eigenvalue weighted by Crippen LogP contribution is 2.15. The minimum absolute atomic E-state index is 0.262. The van der Waals surface area contributed by atoms with E-state index in [0.717, 1.165) is 10.0 Å². The summed E-state index contributed by atoms with van der Waals surface area (Å²) in [4.78, 5) is 12.1. The van der Waals surface area contributed by atoms with Gasteiger partial charge in [0.1, 0.15) is 5.76 Å². The van der Waals surface area contributed by atoms with Crippen LogP contribution < -0.4 is 5.32 Å². The number of carbonyl (C=O) groups is 1. The summed E-state index contributed by atoms with van der Waals surface area (Å²) < 4.78 is 8.16. The quantitative estimate of drug-likeness (QED) is 0.714. The second-order valence-corrected chi connectivity index (χ2v) is 6.22. The third-order valence-electron chi connectivity index (χ3n) is 3.20. The fourth-order valence-corrected chi connectivity index (χ4v) is 2.60. The Hall–Kier alpha value is -2.05. The van der Waals surface area contributed by atoms with Crippen molar-refractivity contribution in [1.82, 2.24) is 15.1 Å². The Morgan fingerprint density at radius 2 is 2.13 bits per heavy atom. The molecule has 0 atom stereocenters. The molecule has 2 aromatic heterocycles. The molecule has 0 aliphatic heterocycles. The normalized spacial score (nSPS) is 10.7. The van der Waals surface area contributed by atoms with E-state index in [-0.39, 0.29) is 11.7 Å². The molecule has 0 radical (unpaired) electrons. The number of halogens is 2. The number of rotatable bonds is 5. The molecule has 0 spiro atoms. The fourth-order valence-electron chi connectivity index (χ4n) is 2.07. The number of aromatic nitrogens is 2. The van der Waals surface area contributed by atoms with E-state index in [0.29, 0.717) is 23.9 Å². The first-order chi connectivity index (χ1) is 11.1. The van der Waals surface area contributed by atoms with Crippen molar-refractivity contribution in [3.05, 3.63) is 75.4 Å². The lowest BCUT2D eigenvalue weighted by Crippen LogP contribution is -2.22. The van der Waals surface area contributed by atoms with Gasteiger partial charge in [0.25, 0.3) is 5.91 Å². The van der Waals surface area contributed by atoms with Gasteiger partial charge >= 0.3 is 0 Å². The van der Waals surface area contributed by atoms with E-state index in [9.17, 15) is 4.79 Å². The molecule has 1 aromatic carbocycles. The molecule has 0 unspecified atom stereocenters. The molecule has 0 bridgehead atoms. The van der Waals surface area contributed by atoms with Crippen LogP contribution in [0.5, 0.6) is 0 Å². The predicted octanol–water partition coefficient (Wildman–Crippen LogP) is 3.87. The monoisotopic (exact) mass is 393 g/mol. The number of hydrogen-bond donors (Lipinski definition) is 1. The maximum Gasteiger partial charge on any atom is 0.287 e. The first-order valence-corrected chi connectivity index (χ1v) is 8.07. The Labute approximate surface area is 146 Å². The topological polar surface area (TPSA) is 60.1 Å². The molecule has 0 aliphatic carbocycles. The van der Waals surface area contributed by atoms with Crippen LogP contribution in [0.15, 0.2) is 57.7 Å². The zero-order valence-corrected chi connectivity index (χ0v) is 14.3. The van der Waals surface area contributed by atoms with E-state index in [2.05, 4.69) is 26.3 Å². The highest BCUT2D eigenvalue weighted by atomic mass is 79.9. The molecule has 5 nitrogen and oxygen atoms in total. The average molecular weight is 395 g/mol. The van der Waals surface area contributed by atoms with Crippen LogP contribution in [0.25, 0.3) is 0 Å². The molecule has 0 saturated heterocycles. The lowest BCUT2D eigenvalue weighted by molar-refractivity contribution is 0.0921. The maximum absolute atomic E-state index is 12.1. The Morgan fingerprint density at radius 1 is 1.30 bits per heavy atom. The molecule has 1 amide bonds. The van der Waals surface area contributed by atoms with Crippen molar-refractivity contribution in [1.29, 1.82) is 0 Å². The van der Waals surface area contributed by atoms with Crippen LogP contribution in [0.4, 0.5) is 0 Å². The van der Waals surface area contributed by atoms with Gasteiger partial charge in [-0.3, -0.25) is 9.48 Å². The van der Waals surface area contributed by atoms with Gasteiger partial charge in [0.05, 0.1) is 17.2 Å². The van der Waals surface area contributed by atoms with E-state index in [1.807, 2.05) is 24.4 Å². The summed E-state index contributed by atoms with van der Waals surface area (Å²) in [6, 6.07) is 10.8. The number of carbonyl (C=O) groups excluding carboxylic acids is 1. The zero-order valence-electron chi connectivity index (χ0n) is 12.0. The summed E-state index contributed by atoms with van der Waals surface area (Å²) in [5.41, 5.74) is 0.857. The average Bonchev–Trinajstić information content (AvgIpc) is 3.16. The Kier molecular flexibility index (Phi) is 4.83. The summed E-state index contributed by atoms with van der Waals surface area (Å²) in [5, 5.41) is 7.56. The number of benzene rings is 1. The van der Waals surface area contributed by atoms with E-state index in [4.69, 9.17) is 16.0 Å². The minimum atomic E-state index is -0.280. The van der Waals surface area contributed by atoms with Gasteiger partial charge in [0.2, 0.25) is 0 Å². The van der Waals surface area contributed by atoms with Crippen LogP contribution in [0.3, 0.4) is 0 Å². The van der Waals surface area contributed by atoms with Crippen LogP contribution in [-0.2, 0) is 13.1 Å². The molecular formula is C16H13BrClN3O2. The molecule has 0 fully saturated rings. The van der Waals surface area contributed by atoms with Gasteiger partial charge in [-0.25, -0.2) is 0 Å². The predicted molar refractivity (Wildman–Crippen MR) is 90.4 cm³/mol. The molecule has 0 aliphatic rings. The Bertz CT molecular complexity index is 828. The maximum atomic E-state index is 12.1. The molecule has 3 aromatic rings. The number of furan rings is 1. The molecule has 118 valence electrons. The van der Waals surface area contributed by atoms with E-state index in [1.54, 1.807) is 29.1 Å². The van der Waals surface area contributed by atoms with E-state index >= 15 is 0 Å². The molecule has 7 heteroatoms. The minimum Gasteiger partial charge on any atom is -0.454 e. The van der Waals surface area contributed by atoms with Crippen LogP contribution in [-0.4, -0.2) is 15.7 Å². The van der Waals surface area contributed by atoms with Crippen LogP contribution in [0, 0.1) is 0 Å². The van der Waals surface area contributed by atoms with Crippen molar-refractivity contribution in [2.45, 2.75) is 13.1 Å². The van der Waals surface area contributed by atoms with Gasteiger partial charge in [0, 0.05) is 17.8 Å². The van der Waals surface area contributed by atoms with Gasteiger partial charge in [0.15, 0.2) is 5.76 Å². The second-order valence-electron chi connectivity index (χ2n) is 4.90. The molecule has 1 N–H and O–H groups in total. The summed E-state index contributed by atoms with van der Waals surface area (Å²) in [6.07, 6.45) is 3.53. The SMILES string of the molecule is O=C(NCc1ccccc1Cl)c1ccc(Cn2cc(Br)cn2)o1. The molecule has 23 heavy (non-hydrogen) atoms. The van der Waals surface area contributed by atoms with Crippen molar-refractivity contribution in [3.63, 3.8) is 0 Å². The first kappa shape index (κ1) is 15.8. The Morgan fingerprint density at radius 3 is 2.87 bits per heavy atom. The third-order valence-corrected chi connectivity index (χ3v) is 3.98. The number of nitrogens with zero attached hydrogens (tertiary/aromatic N) is 2. The lowest BCUT2D eigenvalue weighted by atomic mass is 10.2. The number of amides is 1. The van der Waals surface area contributed by atoms with E-state index < -0.39 is 0 Å². The van der Waals surface area contributed by atoms with Crippen molar-refractivity contribution in [3.8, 4) is 0 Å². The highest BCUT2D eigenvalue weighted by Gasteiger charge is 2.12. The molecular weight excluding hydrogens is 382 g/mol. The van der Waals surface area contributed by atoms with Crippen LogP contribution in [0.1, 0.15) is 21.9 Å². The van der Waals surface area contributed by atoms with Crippen molar-refractivity contribution < 1.29 is 9.21 Å². The molecule has 3 rings (SSSR count). The van der Waals surface area contributed by atoms with Crippen molar-refractivity contribution in [2.75, 3.05) is 0 Å². The summed E-state index contributed by atoms with van der Waals surface area (Å²) in [7, 11) is 0. The van der Waals surface area contributed by atoms with Crippen LogP contribution >= 0.6 is 27.5 Å². The summed E-state index contributed by atoms with van der Waals surface area (Å²) in [6.45, 7) is 0.810. The smallest absolute Gasteiger partial charge is 0.287 e. The van der Waals surface area contributed by atoms with Gasteiger partial charge in [-0.05, 0) is 39.7 Å². The standard InChI is InChI=1S/C16H13BrClN3O2/c17-12-8-20-21(9-12)10-13-5-6-15(23-13)16(22)19-7-11-3-1-2-4-14(11)18/h1-6,8-9H,7,10H2,(H,19,22). The largest absolute Gasteiger partial charge is 0.454 e. The van der Waals surface area contributed by atoms with Crippen molar-refractivity contribution >= 4 is 33.4 Å². The molecule has 2 heterocycles. The third kappa shape index (κ3) is 4.03. The molecule has 0 saturated carbocycles. The van der Waals surface area contributed by atoms with Crippen LogP contribution in [0.2, 0.25) is 5.02 Å². The Balaban J connectivity index is 1.61. The van der Waals surface area contributed by atoms with Gasteiger partial charge in [-0.15, -0.1) is 0 Å². The summed E-state index contributed by atoms with van der Waals surface area (Å²) >= 11 is 9.40. The van der Waals surface area contributed by atoms with Gasteiger partial charge in [-0.2, -0.15) is 5.10 Å². The van der Waals surface area contributed by atoms with Crippen molar-refractivity contribution in [2.24, 2.45) is 0 Å². The van der Waals surface area contributed by atoms with Gasteiger partial charge in [-0.1, -0.05) is 29.8 Å². The fraction of sp³-hybridized carbons (Fsp3) is 0.125. The lowest BCUT2D eigenvalue weighted by Gasteiger charge is -2.05. The second kappa shape index (κ2) is 7.02. The highest BCUT2D eigenvalue weighted by molar-refractivity contribution is 9.10.